The first-order chi connectivity index (χ1) is 8.15. The maximum absolute atomic E-state index is 5.46. The highest BCUT2D eigenvalue weighted by molar-refractivity contribution is 9.13. The summed E-state index contributed by atoms with van der Waals surface area (Å²) in [5.74, 6) is 0.912. The molecule has 1 N–H and O–H groups in total. The smallest absolute Gasteiger partial charge is 0.183 e. The Morgan fingerprint density at radius 1 is 1.47 bits per heavy atom. The van der Waals surface area contributed by atoms with Gasteiger partial charge in [-0.3, -0.25) is 4.68 Å². The van der Waals surface area contributed by atoms with Crippen LogP contribution in [0.5, 0.6) is 0 Å². The van der Waals surface area contributed by atoms with Gasteiger partial charge in [0.05, 0.1) is 17.2 Å². The van der Waals surface area contributed by atoms with Crippen molar-refractivity contribution in [3.8, 4) is 0 Å². The third kappa shape index (κ3) is 3.69. The van der Waals surface area contributed by atoms with E-state index in [1.807, 2.05) is 30.2 Å². The molecule has 0 unspecified atom stereocenters. The van der Waals surface area contributed by atoms with Crippen LogP contribution in [0.25, 0.3) is 0 Å². The molecule has 2 rings (SSSR count). The molecule has 0 atom stereocenters. The van der Waals surface area contributed by atoms with Crippen LogP contribution in [0.4, 0.5) is 0 Å². The van der Waals surface area contributed by atoms with E-state index in [9.17, 15) is 0 Å². The van der Waals surface area contributed by atoms with E-state index in [-0.39, 0.29) is 0 Å². The first-order valence-electron chi connectivity index (χ1n) is 5.27. The molecule has 0 fully saturated rings. The summed E-state index contributed by atoms with van der Waals surface area (Å²) in [5, 5.41) is 7.45. The van der Waals surface area contributed by atoms with Crippen LogP contribution >= 0.6 is 31.9 Å². The Morgan fingerprint density at radius 3 is 2.88 bits per heavy atom. The van der Waals surface area contributed by atoms with Gasteiger partial charge in [0.15, 0.2) is 4.67 Å². The number of aromatic nitrogens is 2. The minimum absolute atomic E-state index is 0.727. The molecule has 0 bridgehead atoms. The van der Waals surface area contributed by atoms with Gasteiger partial charge in [-0.15, -0.1) is 0 Å². The standard InChI is InChI=1S/C11H13Br2N3O/c1-16-7-8(5-15-16)2-3-14-6-9-4-10(12)11(13)17-9/h4-5,7,14H,2-3,6H2,1H3. The predicted molar refractivity (Wildman–Crippen MR) is 72.7 cm³/mol. The van der Waals surface area contributed by atoms with E-state index in [2.05, 4.69) is 42.3 Å². The van der Waals surface area contributed by atoms with Gasteiger partial charge >= 0.3 is 0 Å². The fourth-order valence-corrected chi connectivity index (χ4v) is 2.18. The van der Waals surface area contributed by atoms with E-state index >= 15 is 0 Å². The van der Waals surface area contributed by atoms with Crippen LogP contribution in [0.3, 0.4) is 0 Å². The number of furan rings is 1. The molecule has 0 saturated carbocycles. The van der Waals surface area contributed by atoms with E-state index in [0.717, 1.165) is 34.4 Å². The summed E-state index contributed by atoms with van der Waals surface area (Å²) in [5.41, 5.74) is 1.24. The lowest BCUT2D eigenvalue weighted by Crippen LogP contribution is -2.16. The molecule has 0 radical (unpaired) electrons. The zero-order chi connectivity index (χ0) is 12.3. The van der Waals surface area contributed by atoms with Crippen molar-refractivity contribution in [1.82, 2.24) is 15.1 Å². The monoisotopic (exact) mass is 361 g/mol. The predicted octanol–water partition coefficient (Wildman–Crippen LogP) is 2.87. The molecule has 17 heavy (non-hydrogen) atoms. The van der Waals surface area contributed by atoms with Gasteiger partial charge in [-0.05, 0) is 56.5 Å². The summed E-state index contributed by atoms with van der Waals surface area (Å²) in [6.45, 7) is 1.63. The number of hydrogen-bond acceptors (Lipinski definition) is 3. The Hall–Kier alpha value is -0.590. The van der Waals surface area contributed by atoms with Crippen molar-refractivity contribution in [2.75, 3.05) is 6.54 Å². The van der Waals surface area contributed by atoms with Crippen molar-refractivity contribution in [3.63, 3.8) is 0 Å². The molecular weight excluding hydrogens is 350 g/mol. The topological polar surface area (TPSA) is 43.0 Å². The molecule has 0 aliphatic rings. The summed E-state index contributed by atoms with van der Waals surface area (Å²) in [7, 11) is 1.93. The van der Waals surface area contributed by atoms with Gasteiger partial charge in [-0.1, -0.05) is 0 Å². The number of halogens is 2. The lowest BCUT2D eigenvalue weighted by atomic mass is 10.2. The van der Waals surface area contributed by atoms with E-state index < -0.39 is 0 Å². The fourth-order valence-electron chi connectivity index (χ4n) is 1.52. The normalized spacial score (nSPS) is 11.0. The van der Waals surface area contributed by atoms with E-state index in [4.69, 9.17) is 4.42 Å². The summed E-state index contributed by atoms with van der Waals surface area (Å²) in [6, 6.07) is 1.96. The Morgan fingerprint density at radius 2 is 2.29 bits per heavy atom. The number of nitrogens with zero attached hydrogens (tertiary/aromatic N) is 2. The van der Waals surface area contributed by atoms with Crippen LogP contribution < -0.4 is 5.32 Å². The Bertz CT molecular complexity index is 473. The Balaban J connectivity index is 1.73. The van der Waals surface area contributed by atoms with Crippen molar-refractivity contribution in [2.24, 2.45) is 7.05 Å². The third-order valence-corrected chi connectivity index (χ3v) is 4.05. The zero-order valence-corrected chi connectivity index (χ0v) is 12.6. The summed E-state index contributed by atoms with van der Waals surface area (Å²) in [4.78, 5) is 0. The molecule has 0 saturated heterocycles. The first kappa shape index (κ1) is 12.9. The lowest BCUT2D eigenvalue weighted by molar-refractivity contribution is 0.465. The summed E-state index contributed by atoms with van der Waals surface area (Å²) >= 11 is 6.70. The molecular formula is C11H13Br2N3O. The Kier molecular flexibility index (Phi) is 4.42. The number of aryl methyl sites for hydroxylation is 1. The van der Waals surface area contributed by atoms with Crippen molar-refractivity contribution in [2.45, 2.75) is 13.0 Å². The maximum atomic E-state index is 5.46. The summed E-state index contributed by atoms with van der Waals surface area (Å²) in [6.07, 6.45) is 4.89. The second kappa shape index (κ2) is 5.84. The molecule has 0 aliphatic carbocycles. The minimum Gasteiger partial charge on any atom is -0.452 e. The molecule has 0 aliphatic heterocycles. The van der Waals surface area contributed by atoms with Crippen LogP contribution in [0.1, 0.15) is 11.3 Å². The van der Waals surface area contributed by atoms with E-state index in [1.54, 1.807) is 0 Å². The number of nitrogens with one attached hydrogen (secondary N) is 1. The fraction of sp³-hybridized carbons (Fsp3) is 0.364. The Labute approximate surface area is 117 Å². The molecule has 2 aromatic heterocycles. The average molecular weight is 363 g/mol. The molecule has 0 aromatic carbocycles. The third-order valence-electron chi connectivity index (χ3n) is 2.34. The highest BCUT2D eigenvalue weighted by Gasteiger charge is 2.05. The van der Waals surface area contributed by atoms with Gasteiger partial charge in [0.2, 0.25) is 0 Å². The van der Waals surface area contributed by atoms with Gasteiger partial charge in [0.1, 0.15) is 5.76 Å². The quantitative estimate of drug-likeness (QED) is 0.831. The largest absolute Gasteiger partial charge is 0.452 e. The second-order valence-corrected chi connectivity index (χ2v) is 5.36. The molecule has 4 nitrogen and oxygen atoms in total. The second-order valence-electron chi connectivity index (χ2n) is 3.78. The van der Waals surface area contributed by atoms with E-state index in [1.165, 1.54) is 5.56 Å². The van der Waals surface area contributed by atoms with Crippen LogP contribution in [-0.2, 0) is 20.0 Å². The van der Waals surface area contributed by atoms with Crippen LogP contribution in [0, 0.1) is 0 Å². The maximum Gasteiger partial charge on any atom is 0.183 e. The molecule has 2 aromatic rings. The number of rotatable bonds is 5. The average Bonchev–Trinajstić information content (AvgIpc) is 2.82. The molecule has 2 heterocycles. The van der Waals surface area contributed by atoms with E-state index in [0.29, 0.717) is 0 Å². The van der Waals surface area contributed by atoms with Gasteiger partial charge in [-0.2, -0.15) is 5.10 Å². The number of hydrogen-bond donors (Lipinski definition) is 1. The lowest BCUT2D eigenvalue weighted by Gasteiger charge is -2.00. The first-order valence-corrected chi connectivity index (χ1v) is 6.85. The molecule has 92 valence electrons. The SMILES string of the molecule is Cn1cc(CCNCc2cc(Br)c(Br)o2)cn1. The van der Waals surface area contributed by atoms with Crippen molar-refractivity contribution >= 4 is 31.9 Å². The van der Waals surface area contributed by atoms with Crippen molar-refractivity contribution in [1.29, 1.82) is 0 Å². The van der Waals surface area contributed by atoms with Crippen LogP contribution in [0.2, 0.25) is 0 Å². The minimum atomic E-state index is 0.727. The van der Waals surface area contributed by atoms with Gasteiger partial charge < -0.3 is 9.73 Å². The van der Waals surface area contributed by atoms with Gasteiger partial charge in [0, 0.05) is 13.2 Å². The van der Waals surface area contributed by atoms with Crippen LogP contribution in [0.15, 0.2) is 32.0 Å². The van der Waals surface area contributed by atoms with Crippen molar-refractivity contribution in [3.05, 3.63) is 38.9 Å². The highest BCUT2D eigenvalue weighted by Crippen LogP contribution is 2.26. The van der Waals surface area contributed by atoms with Gasteiger partial charge in [0.25, 0.3) is 0 Å². The van der Waals surface area contributed by atoms with Crippen LogP contribution in [-0.4, -0.2) is 16.3 Å². The summed E-state index contributed by atoms with van der Waals surface area (Å²) < 4.78 is 8.96. The zero-order valence-electron chi connectivity index (χ0n) is 9.41. The molecule has 0 amide bonds. The highest BCUT2D eigenvalue weighted by atomic mass is 79.9. The van der Waals surface area contributed by atoms with Crippen molar-refractivity contribution < 1.29 is 4.42 Å². The van der Waals surface area contributed by atoms with Gasteiger partial charge in [-0.25, -0.2) is 0 Å². The molecule has 0 spiro atoms. The molecule has 6 heteroatoms.